The lowest BCUT2D eigenvalue weighted by molar-refractivity contribution is 0.0955. The molecule has 0 aliphatic carbocycles. The zero-order valence-corrected chi connectivity index (χ0v) is 19.3. The minimum atomic E-state index is -0.256. The molecule has 0 bridgehead atoms. The number of hydrogen-bond donors (Lipinski definition) is 1. The van der Waals surface area contributed by atoms with Gasteiger partial charge in [0.2, 0.25) is 0 Å². The third-order valence-electron chi connectivity index (χ3n) is 4.20. The third kappa shape index (κ3) is 8.15. The molecular formula is C22H26Br2N2O2. The van der Waals surface area contributed by atoms with Gasteiger partial charge in [-0.15, -0.1) is 0 Å². The van der Waals surface area contributed by atoms with Gasteiger partial charge in [0, 0.05) is 20.1 Å². The lowest BCUT2D eigenvalue weighted by Crippen LogP contribution is -2.17. The summed E-state index contributed by atoms with van der Waals surface area (Å²) in [5.41, 5.74) is 3.92. The maximum Gasteiger partial charge on any atom is 0.271 e. The van der Waals surface area contributed by atoms with Crippen LogP contribution in [0.1, 0.15) is 61.4 Å². The quantitative estimate of drug-likeness (QED) is 0.208. The molecule has 2 aromatic rings. The van der Waals surface area contributed by atoms with Gasteiger partial charge >= 0.3 is 0 Å². The van der Waals surface area contributed by atoms with Gasteiger partial charge in [0.25, 0.3) is 5.91 Å². The molecule has 0 fully saturated rings. The minimum Gasteiger partial charge on any atom is -0.493 e. The molecule has 28 heavy (non-hydrogen) atoms. The number of nitrogens with one attached hydrogen (secondary N) is 1. The molecule has 0 aliphatic rings. The van der Waals surface area contributed by atoms with Crippen LogP contribution in [0, 0.1) is 0 Å². The van der Waals surface area contributed by atoms with Gasteiger partial charge in [0.15, 0.2) is 0 Å². The molecule has 1 amide bonds. The predicted octanol–water partition coefficient (Wildman–Crippen LogP) is 6.71. The van der Waals surface area contributed by atoms with E-state index in [2.05, 4.69) is 49.3 Å². The van der Waals surface area contributed by atoms with Crippen molar-refractivity contribution in [2.45, 2.75) is 45.4 Å². The number of halogens is 2. The maximum atomic E-state index is 12.1. The molecule has 0 atom stereocenters. The normalized spacial score (nSPS) is 11.0. The second-order valence-electron chi connectivity index (χ2n) is 6.50. The van der Waals surface area contributed by atoms with E-state index >= 15 is 0 Å². The van der Waals surface area contributed by atoms with Crippen molar-refractivity contribution in [2.24, 2.45) is 5.10 Å². The van der Waals surface area contributed by atoms with Gasteiger partial charge in [-0.05, 0) is 48.9 Å². The third-order valence-corrected chi connectivity index (χ3v) is 5.23. The molecule has 0 saturated carbocycles. The monoisotopic (exact) mass is 508 g/mol. The van der Waals surface area contributed by atoms with Crippen LogP contribution in [-0.4, -0.2) is 18.7 Å². The summed E-state index contributed by atoms with van der Waals surface area (Å²) in [5, 5.41) is 4.08. The molecule has 6 heteroatoms. The van der Waals surface area contributed by atoms with E-state index in [0.29, 0.717) is 12.2 Å². The highest BCUT2D eigenvalue weighted by Gasteiger charge is 2.05. The Morgan fingerprint density at radius 2 is 1.68 bits per heavy atom. The molecule has 0 aliphatic heterocycles. The van der Waals surface area contributed by atoms with Crippen LogP contribution in [0.25, 0.3) is 0 Å². The van der Waals surface area contributed by atoms with Gasteiger partial charge in [-0.3, -0.25) is 4.79 Å². The van der Waals surface area contributed by atoms with Crippen molar-refractivity contribution >= 4 is 44.0 Å². The van der Waals surface area contributed by atoms with Crippen molar-refractivity contribution in [3.8, 4) is 5.75 Å². The molecule has 2 aromatic carbocycles. The average Bonchev–Trinajstić information content (AvgIpc) is 2.69. The first-order valence-electron chi connectivity index (χ1n) is 9.61. The number of rotatable bonds is 11. The SMILES string of the molecule is CCCCCCCCOc1ccc(Br)cc1/C=N/NC(=O)c1ccc(Br)cc1. The zero-order chi connectivity index (χ0) is 20.2. The number of ether oxygens (including phenoxy) is 1. The average molecular weight is 510 g/mol. The Kier molecular flexibility index (Phi) is 10.3. The Labute approximate surface area is 184 Å². The van der Waals surface area contributed by atoms with E-state index in [1.165, 1.54) is 32.1 Å². The highest BCUT2D eigenvalue weighted by Crippen LogP contribution is 2.22. The molecule has 0 radical (unpaired) electrons. The van der Waals surface area contributed by atoms with Gasteiger partial charge in [-0.2, -0.15) is 5.10 Å². The van der Waals surface area contributed by atoms with Gasteiger partial charge in [-0.1, -0.05) is 70.9 Å². The van der Waals surface area contributed by atoms with Crippen molar-refractivity contribution in [3.63, 3.8) is 0 Å². The van der Waals surface area contributed by atoms with E-state index in [-0.39, 0.29) is 5.91 Å². The first-order valence-corrected chi connectivity index (χ1v) is 11.2. The molecular weight excluding hydrogens is 484 g/mol. The maximum absolute atomic E-state index is 12.1. The second-order valence-corrected chi connectivity index (χ2v) is 8.34. The zero-order valence-electron chi connectivity index (χ0n) is 16.1. The van der Waals surface area contributed by atoms with E-state index in [0.717, 1.165) is 26.7 Å². The van der Waals surface area contributed by atoms with Crippen LogP contribution in [-0.2, 0) is 0 Å². The van der Waals surface area contributed by atoms with Crippen LogP contribution >= 0.6 is 31.9 Å². The molecule has 0 saturated heterocycles. The van der Waals surface area contributed by atoms with Crippen molar-refractivity contribution in [3.05, 3.63) is 62.5 Å². The first kappa shape index (κ1) is 22.6. The molecule has 1 N–H and O–H groups in total. The smallest absolute Gasteiger partial charge is 0.271 e. The number of carbonyl (C=O) groups is 1. The summed E-state index contributed by atoms with van der Waals surface area (Å²) in [7, 11) is 0. The fourth-order valence-corrected chi connectivity index (χ4v) is 3.29. The number of carbonyl (C=O) groups excluding carboxylic acids is 1. The summed E-state index contributed by atoms with van der Waals surface area (Å²) >= 11 is 6.82. The number of nitrogens with zero attached hydrogens (tertiary/aromatic N) is 1. The lowest BCUT2D eigenvalue weighted by atomic mass is 10.1. The highest BCUT2D eigenvalue weighted by molar-refractivity contribution is 9.10. The molecule has 150 valence electrons. The summed E-state index contributed by atoms with van der Waals surface area (Å²) in [5.74, 6) is 0.506. The van der Waals surface area contributed by atoms with E-state index in [1.54, 1.807) is 18.3 Å². The van der Waals surface area contributed by atoms with Crippen LogP contribution in [0.5, 0.6) is 5.75 Å². The fourth-order valence-electron chi connectivity index (χ4n) is 2.64. The van der Waals surface area contributed by atoms with Crippen LogP contribution in [0.15, 0.2) is 56.5 Å². The van der Waals surface area contributed by atoms with Gasteiger partial charge in [0.1, 0.15) is 5.75 Å². The number of unbranched alkanes of at least 4 members (excludes halogenated alkanes) is 5. The molecule has 0 heterocycles. The summed E-state index contributed by atoms with van der Waals surface area (Å²) in [4.78, 5) is 12.1. The lowest BCUT2D eigenvalue weighted by Gasteiger charge is -2.09. The fraction of sp³-hybridized carbons (Fsp3) is 0.364. The predicted molar refractivity (Wildman–Crippen MR) is 122 cm³/mol. The van der Waals surface area contributed by atoms with Crippen molar-refractivity contribution in [1.29, 1.82) is 0 Å². The first-order chi connectivity index (χ1) is 13.6. The summed E-state index contributed by atoms with van der Waals surface area (Å²) in [6, 6.07) is 12.9. The topological polar surface area (TPSA) is 50.7 Å². The highest BCUT2D eigenvalue weighted by atomic mass is 79.9. The van der Waals surface area contributed by atoms with E-state index < -0.39 is 0 Å². The molecule has 0 unspecified atom stereocenters. The van der Waals surface area contributed by atoms with Gasteiger partial charge in [0.05, 0.1) is 12.8 Å². The van der Waals surface area contributed by atoms with Gasteiger partial charge < -0.3 is 4.74 Å². The summed E-state index contributed by atoms with van der Waals surface area (Å²) in [6.07, 6.45) is 8.95. The number of hydrazone groups is 1. The molecule has 2 rings (SSSR count). The Bertz CT molecular complexity index is 777. The number of benzene rings is 2. The Balaban J connectivity index is 1.87. The molecule has 0 spiro atoms. The molecule has 4 nitrogen and oxygen atoms in total. The summed E-state index contributed by atoms with van der Waals surface area (Å²) in [6.45, 7) is 2.90. The Morgan fingerprint density at radius 1 is 1.00 bits per heavy atom. The Hall–Kier alpha value is -1.66. The molecule has 0 aromatic heterocycles. The van der Waals surface area contributed by atoms with Crippen molar-refractivity contribution in [1.82, 2.24) is 5.43 Å². The minimum absolute atomic E-state index is 0.256. The van der Waals surface area contributed by atoms with Crippen molar-refractivity contribution < 1.29 is 9.53 Å². The van der Waals surface area contributed by atoms with Crippen LogP contribution in [0.2, 0.25) is 0 Å². The number of amides is 1. The Morgan fingerprint density at radius 3 is 2.43 bits per heavy atom. The summed E-state index contributed by atoms with van der Waals surface area (Å²) < 4.78 is 7.78. The largest absolute Gasteiger partial charge is 0.493 e. The van der Waals surface area contributed by atoms with E-state index in [9.17, 15) is 4.79 Å². The second kappa shape index (κ2) is 12.7. The number of hydrogen-bond acceptors (Lipinski definition) is 3. The van der Waals surface area contributed by atoms with Crippen molar-refractivity contribution in [2.75, 3.05) is 6.61 Å². The van der Waals surface area contributed by atoms with E-state index in [4.69, 9.17) is 4.74 Å². The standard InChI is InChI=1S/C22H26Br2N2O2/c1-2-3-4-5-6-7-14-28-21-13-12-20(24)15-18(21)16-25-26-22(27)17-8-10-19(23)11-9-17/h8-13,15-16H,2-7,14H2,1H3,(H,26,27)/b25-16+. The van der Waals surface area contributed by atoms with Crippen LogP contribution in [0.3, 0.4) is 0 Å². The van der Waals surface area contributed by atoms with Crippen LogP contribution < -0.4 is 10.2 Å². The van der Waals surface area contributed by atoms with E-state index in [1.807, 2.05) is 30.3 Å². The van der Waals surface area contributed by atoms with Gasteiger partial charge in [-0.25, -0.2) is 5.43 Å². The van der Waals surface area contributed by atoms with Crippen LogP contribution in [0.4, 0.5) is 0 Å².